The van der Waals surface area contributed by atoms with E-state index >= 15 is 0 Å². The van der Waals surface area contributed by atoms with Gasteiger partial charge in [-0.1, -0.05) is 42.5 Å². The van der Waals surface area contributed by atoms with Crippen molar-refractivity contribution in [2.45, 2.75) is 45.7 Å². The first kappa shape index (κ1) is 33.8. The molecule has 2 aliphatic rings. The van der Waals surface area contributed by atoms with E-state index in [0.29, 0.717) is 47.8 Å². The van der Waals surface area contributed by atoms with Gasteiger partial charge in [-0.25, -0.2) is 0 Å². The first-order valence-corrected chi connectivity index (χ1v) is 16.8. The molecule has 1 unspecified atom stereocenters. The number of carbonyl (C=O) groups is 3. The molecular formula is C39H44N4O6. The van der Waals surface area contributed by atoms with Crippen molar-refractivity contribution in [3.63, 3.8) is 0 Å². The lowest BCUT2D eigenvalue weighted by molar-refractivity contribution is 0.0570. The summed E-state index contributed by atoms with van der Waals surface area (Å²) in [7, 11) is 3.12. The number of rotatable bonds is 12. The Hall–Kier alpha value is -5.09. The molecule has 2 aliphatic heterocycles. The summed E-state index contributed by atoms with van der Waals surface area (Å²) in [4.78, 5) is 47.3. The SMILES string of the molecule is COc1ccc([C@@H](CCCNC(=O)c2cc(C)c(C)o2)N2C(=O)c3cccc(N4CCN(C(C)c5ccccc5)CC4)c3C2=O)cc1OC. The summed E-state index contributed by atoms with van der Waals surface area (Å²) in [6.07, 6.45) is 0.925. The Kier molecular flexibility index (Phi) is 10.1. The monoisotopic (exact) mass is 664 g/mol. The fourth-order valence-corrected chi connectivity index (χ4v) is 6.90. The molecule has 49 heavy (non-hydrogen) atoms. The van der Waals surface area contributed by atoms with Crippen LogP contribution in [0.3, 0.4) is 0 Å². The fraction of sp³-hybridized carbons (Fsp3) is 0.359. The number of hydrogen-bond acceptors (Lipinski definition) is 8. The van der Waals surface area contributed by atoms with Crippen molar-refractivity contribution in [3.05, 3.63) is 112 Å². The zero-order chi connectivity index (χ0) is 34.7. The van der Waals surface area contributed by atoms with Gasteiger partial charge in [0.25, 0.3) is 17.7 Å². The molecule has 0 aliphatic carbocycles. The Bertz CT molecular complexity index is 1810. The zero-order valence-electron chi connectivity index (χ0n) is 28.8. The van der Waals surface area contributed by atoms with E-state index in [2.05, 4.69) is 46.3 Å². The van der Waals surface area contributed by atoms with Crippen LogP contribution in [0.2, 0.25) is 0 Å². The fourth-order valence-electron chi connectivity index (χ4n) is 6.90. The number of ether oxygens (including phenoxy) is 2. The van der Waals surface area contributed by atoms with Gasteiger partial charge in [0.15, 0.2) is 17.3 Å². The van der Waals surface area contributed by atoms with Gasteiger partial charge in [0.1, 0.15) is 5.76 Å². The maximum absolute atomic E-state index is 14.4. The number of methoxy groups -OCH3 is 2. The van der Waals surface area contributed by atoms with Gasteiger partial charge in [-0.05, 0) is 80.6 Å². The second-order valence-corrected chi connectivity index (χ2v) is 12.7. The van der Waals surface area contributed by atoms with Crippen molar-refractivity contribution in [2.75, 3.05) is 51.8 Å². The molecule has 0 saturated carbocycles. The number of furan rings is 1. The number of piperazine rings is 1. The first-order chi connectivity index (χ1) is 23.7. The van der Waals surface area contributed by atoms with Crippen LogP contribution in [0.4, 0.5) is 5.69 Å². The molecule has 2 atom stereocenters. The van der Waals surface area contributed by atoms with Gasteiger partial charge in [-0.3, -0.25) is 24.2 Å². The van der Waals surface area contributed by atoms with Crippen LogP contribution in [0.25, 0.3) is 0 Å². The molecule has 0 bridgehead atoms. The van der Waals surface area contributed by atoms with Gasteiger partial charge >= 0.3 is 0 Å². The molecule has 6 rings (SSSR count). The molecule has 0 radical (unpaired) electrons. The molecule has 1 aromatic heterocycles. The Morgan fingerprint density at radius 3 is 2.27 bits per heavy atom. The van der Waals surface area contributed by atoms with E-state index in [1.54, 1.807) is 32.4 Å². The number of imide groups is 1. The second kappa shape index (κ2) is 14.6. The summed E-state index contributed by atoms with van der Waals surface area (Å²) in [5.74, 6) is 1.06. The van der Waals surface area contributed by atoms with Crippen LogP contribution in [-0.2, 0) is 0 Å². The molecule has 0 spiro atoms. The molecule has 4 aromatic rings. The third kappa shape index (κ3) is 6.78. The summed E-state index contributed by atoms with van der Waals surface area (Å²) in [5.41, 5.74) is 4.56. The van der Waals surface area contributed by atoms with Gasteiger partial charge in [-0.15, -0.1) is 0 Å². The van der Waals surface area contributed by atoms with Crippen LogP contribution >= 0.6 is 0 Å². The Labute approximate surface area is 287 Å². The van der Waals surface area contributed by atoms with E-state index < -0.39 is 6.04 Å². The van der Waals surface area contributed by atoms with Crippen LogP contribution in [0.15, 0.2) is 77.2 Å². The lowest BCUT2D eigenvalue weighted by Gasteiger charge is -2.39. The third-order valence-electron chi connectivity index (χ3n) is 9.84. The van der Waals surface area contributed by atoms with Gasteiger partial charge in [0.2, 0.25) is 0 Å². The van der Waals surface area contributed by atoms with E-state index in [0.717, 1.165) is 43.0 Å². The number of carbonyl (C=O) groups excluding carboxylic acids is 3. The van der Waals surface area contributed by atoms with E-state index in [4.69, 9.17) is 13.9 Å². The lowest BCUT2D eigenvalue weighted by atomic mass is 9.99. The van der Waals surface area contributed by atoms with Gasteiger partial charge in [0.05, 0.1) is 37.1 Å². The highest BCUT2D eigenvalue weighted by atomic mass is 16.5. The predicted molar refractivity (Wildman–Crippen MR) is 188 cm³/mol. The minimum Gasteiger partial charge on any atom is -0.493 e. The maximum Gasteiger partial charge on any atom is 0.287 e. The van der Waals surface area contributed by atoms with Gasteiger partial charge < -0.3 is 24.1 Å². The minimum absolute atomic E-state index is 0.259. The lowest BCUT2D eigenvalue weighted by Crippen LogP contribution is -2.47. The normalized spacial score (nSPS) is 16.0. The van der Waals surface area contributed by atoms with Crippen molar-refractivity contribution in [1.29, 1.82) is 0 Å². The Balaban J connectivity index is 1.22. The van der Waals surface area contributed by atoms with Crippen LogP contribution < -0.4 is 19.7 Å². The minimum atomic E-state index is -0.603. The van der Waals surface area contributed by atoms with E-state index in [-0.39, 0.29) is 29.5 Å². The summed E-state index contributed by atoms with van der Waals surface area (Å²) >= 11 is 0. The van der Waals surface area contributed by atoms with Crippen molar-refractivity contribution in [3.8, 4) is 11.5 Å². The summed E-state index contributed by atoms with van der Waals surface area (Å²) in [6, 6.07) is 22.9. The molecule has 1 N–H and O–H groups in total. The van der Waals surface area contributed by atoms with Gasteiger partial charge in [0, 0.05) is 38.8 Å². The number of hydrogen-bond donors (Lipinski definition) is 1. The third-order valence-corrected chi connectivity index (χ3v) is 9.84. The molecule has 256 valence electrons. The number of aryl methyl sites for hydroxylation is 2. The van der Waals surface area contributed by atoms with Crippen molar-refractivity contribution in [2.24, 2.45) is 0 Å². The zero-order valence-corrected chi connectivity index (χ0v) is 28.8. The average molecular weight is 665 g/mol. The molecule has 1 fully saturated rings. The van der Waals surface area contributed by atoms with Crippen molar-refractivity contribution >= 4 is 23.4 Å². The number of anilines is 1. The second-order valence-electron chi connectivity index (χ2n) is 12.7. The van der Waals surface area contributed by atoms with Crippen LogP contribution in [0.1, 0.15) is 85.6 Å². The van der Waals surface area contributed by atoms with Crippen molar-refractivity contribution in [1.82, 2.24) is 15.1 Å². The number of benzene rings is 3. The average Bonchev–Trinajstić information content (AvgIpc) is 3.61. The van der Waals surface area contributed by atoms with Crippen LogP contribution in [0.5, 0.6) is 11.5 Å². The largest absolute Gasteiger partial charge is 0.493 e. The standard InChI is InChI=1S/C39H44N4O6/c1-25-23-35(49-27(25)3)37(44)40-18-10-15-31(29-16-17-33(47-4)34(24-29)48-5)43-38(45)30-13-9-14-32(36(30)39(43)46)42-21-19-41(20-22-42)26(2)28-11-7-6-8-12-28/h6-9,11-14,16-17,23-24,26,31H,10,15,18-22H2,1-5H3,(H,40,44)/t26?,31-/m1/s1. The van der Waals surface area contributed by atoms with Crippen molar-refractivity contribution < 1.29 is 28.3 Å². The molecule has 10 heteroatoms. The summed E-state index contributed by atoms with van der Waals surface area (Å²) in [6.45, 7) is 9.42. The molecular weight excluding hydrogens is 620 g/mol. The Morgan fingerprint density at radius 1 is 0.857 bits per heavy atom. The Morgan fingerprint density at radius 2 is 1.59 bits per heavy atom. The first-order valence-electron chi connectivity index (χ1n) is 16.8. The number of nitrogens with one attached hydrogen (secondary N) is 1. The van der Waals surface area contributed by atoms with E-state index in [1.165, 1.54) is 10.5 Å². The maximum atomic E-state index is 14.4. The summed E-state index contributed by atoms with van der Waals surface area (Å²) in [5, 5.41) is 2.91. The highest BCUT2D eigenvalue weighted by Gasteiger charge is 2.43. The molecule has 3 amide bonds. The van der Waals surface area contributed by atoms with Crippen LogP contribution in [0, 0.1) is 13.8 Å². The molecule has 10 nitrogen and oxygen atoms in total. The number of amides is 3. The molecule has 3 heterocycles. The highest BCUT2D eigenvalue weighted by Crippen LogP contribution is 2.40. The highest BCUT2D eigenvalue weighted by molar-refractivity contribution is 6.24. The summed E-state index contributed by atoms with van der Waals surface area (Å²) < 4.78 is 16.6. The number of nitrogens with zero attached hydrogens (tertiary/aromatic N) is 3. The molecule has 3 aromatic carbocycles. The number of fused-ring (bicyclic) bond motifs is 1. The van der Waals surface area contributed by atoms with E-state index in [1.807, 2.05) is 44.2 Å². The quantitative estimate of drug-likeness (QED) is 0.138. The topological polar surface area (TPSA) is 105 Å². The molecule has 1 saturated heterocycles. The van der Waals surface area contributed by atoms with E-state index in [9.17, 15) is 14.4 Å². The van der Waals surface area contributed by atoms with Gasteiger partial charge in [-0.2, -0.15) is 0 Å². The predicted octanol–water partition coefficient (Wildman–Crippen LogP) is 6.34. The van der Waals surface area contributed by atoms with Crippen LogP contribution in [-0.4, -0.2) is 74.5 Å². The smallest absolute Gasteiger partial charge is 0.287 e.